The van der Waals surface area contributed by atoms with Crippen LogP contribution in [0.25, 0.3) is 11.1 Å². The Labute approximate surface area is 192 Å². The third-order valence-corrected chi connectivity index (χ3v) is 5.51. The van der Waals surface area contributed by atoms with Crippen LogP contribution in [0.3, 0.4) is 0 Å². The standard InChI is InChI=1S/C24H18F3N5O2/c1-31-11-17(9-30-31)15-4-2-14(3-5-15)10-32-12-19-21(24(32)33)23(29-13-28-19)34-20-7-6-16(22(26)27)8-18(20)25/h2-9,11,13,22H,10,12H2,1H3. The van der Waals surface area contributed by atoms with Crippen LogP contribution in [0.5, 0.6) is 11.6 Å². The van der Waals surface area contributed by atoms with Crippen LogP contribution in [0.4, 0.5) is 13.2 Å². The first-order chi connectivity index (χ1) is 16.4. The molecule has 1 amide bonds. The SMILES string of the molecule is Cn1cc(-c2ccc(CN3Cc4ncnc(Oc5ccc(C(F)F)cc5F)c4C3=O)cc2)cn1. The molecule has 4 aromatic rings. The van der Waals surface area contributed by atoms with Gasteiger partial charge in [-0.1, -0.05) is 24.3 Å². The van der Waals surface area contributed by atoms with Crippen LogP contribution in [0.15, 0.2) is 61.2 Å². The minimum atomic E-state index is -2.81. The van der Waals surface area contributed by atoms with Gasteiger partial charge in [0, 0.05) is 30.9 Å². The lowest BCUT2D eigenvalue weighted by molar-refractivity contribution is 0.0764. The van der Waals surface area contributed by atoms with Gasteiger partial charge in [0.25, 0.3) is 12.3 Å². The molecule has 3 heterocycles. The van der Waals surface area contributed by atoms with Crippen molar-refractivity contribution < 1.29 is 22.7 Å². The van der Waals surface area contributed by atoms with Gasteiger partial charge in [-0.05, 0) is 29.3 Å². The first-order valence-electron chi connectivity index (χ1n) is 10.4. The summed E-state index contributed by atoms with van der Waals surface area (Å²) in [6, 6.07) is 10.6. The fourth-order valence-corrected chi connectivity index (χ4v) is 3.79. The number of rotatable bonds is 6. The maximum Gasteiger partial charge on any atom is 0.263 e. The first-order valence-corrected chi connectivity index (χ1v) is 10.4. The minimum Gasteiger partial charge on any atom is -0.435 e. The maximum absolute atomic E-state index is 14.3. The lowest BCUT2D eigenvalue weighted by atomic mass is 10.1. The van der Waals surface area contributed by atoms with Crippen molar-refractivity contribution in [3.05, 3.63) is 89.4 Å². The molecule has 34 heavy (non-hydrogen) atoms. The van der Waals surface area contributed by atoms with Crippen LogP contribution in [0.2, 0.25) is 0 Å². The summed E-state index contributed by atoms with van der Waals surface area (Å²) >= 11 is 0. The normalized spacial score (nSPS) is 13.0. The Balaban J connectivity index is 1.34. The summed E-state index contributed by atoms with van der Waals surface area (Å²) in [6.45, 7) is 0.573. The molecule has 10 heteroatoms. The lowest BCUT2D eigenvalue weighted by Crippen LogP contribution is -2.23. The Hall–Kier alpha value is -4.21. The number of carbonyl (C=O) groups is 1. The van der Waals surface area contributed by atoms with Gasteiger partial charge in [0.2, 0.25) is 5.88 Å². The van der Waals surface area contributed by atoms with Crippen LogP contribution in [-0.2, 0) is 20.1 Å². The van der Waals surface area contributed by atoms with Crippen LogP contribution in [-0.4, -0.2) is 30.6 Å². The average molecular weight is 465 g/mol. The van der Waals surface area contributed by atoms with Crippen molar-refractivity contribution in [2.75, 3.05) is 0 Å². The van der Waals surface area contributed by atoms with Crippen molar-refractivity contribution in [2.24, 2.45) is 7.05 Å². The van der Waals surface area contributed by atoms with Crippen LogP contribution >= 0.6 is 0 Å². The highest BCUT2D eigenvalue weighted by Crippen LogP contribution is 2.34. The maximum atomic E-state index is 14.3. The highest BCUT2D eigenvalue weighted by atomic mass is 19.3. The molecule has 0 fully saturated rings. The number of aromatic nitrogens is 4. The molecule has 0 N–H and O–H groups in total. The third kappa shape index (κ3) is 4.09. The molecule has 0 saturated heterocycles. The molecule has 0 aliphatic carbocycles. The molecule has 0 saturated carbocycles. The van der Waals surface area contributed by atoms with E-state index in [9.17, 15) is 18.0 Å². The Kier molecular flexibility index (Phi) is 5.48. The fraction of sp³-hybridized carbons (Fsp3) is 0.167. The van der Waals surface area contributed by atoms with E-state index < -0.39 is 17.8 Å². The van der Waals surface area contributed by atoms with Gasteiger partial charge in [-0.2, -0.15) is 5.10 Å². The van der Waals surface area contributed by atoms with E-state index in [1.807, 2.05) is 37.5 Å². The van der Waals surface area contributed by atoms with E-state index in [1.54, 1.807) is 15.8 Å². The third-order valence-electron chi connectivity index (χ3n) is 5.51. The number of hydrogen-bond donors (Lipinski definition) is 0. The van der Waals surface area contributed by atoms with E-state index >= 15 is 0 Å². The van der Waals surface area contributed by atoms with Crippen molar-refractivity contribution in [2.45, 2.75) is 19.5 Å². The van der Waals surface area contributed by atoms with E-state index in [0.717, 1.165) is 28.8 Å². The van der Waals surface area contributed by atoms with E-state index in [2.05, 4.69) is 15.1 Å². The van der Waals surface area contributed by atoms with E-state index in [0.29, 0.717) is 18.3 Å². The summed E-state index contributed by atoms with van der Waals surface area (Å²) in [5, 5.41) is 4.17. The number of amides is 1. The van der Waals surface area contributed by atoms with E-state index in [4.69, 9.17) is 4.74 Å². The minimum absolute atomic E-state index is 0.117. The topological polar surface area (TPSA) is 73.1 Å². The molecule has 172 valence electrons. The number of halogens is 3. The number of carbonyl (C=O) groups excluding carboxylic acids is 1. The number of nitrogens with zero attached hydrogens (tertiary/aromatic N) is 5. The average Bonchev–Trinajstić information content (AvgIpc) is 3.39. The number of ether oxygens (including phenoxy) is 1. The summed E-state index contributed by atoms with van der Waals surface area (Å²) < 4.78 is 47.1. The molecule has 1 aliphatic heterocycles. The molecule has 5 rings (SSSR count). The van der Waals surface area contributed by atoms with Gasteiger partial charge in [0.1, 0.15) is 11.9 Å². The molecule has 0 unspecified atom stereocenters. The fourth-order valence-electron chi connectivity index (χ4n) is 3.79. The Morgan fingerprint density at radius 2 is 1.88 bits per heavy atom. The Morgan fingerprint density at radius 1 is 1.09 bits per heavy atom. The van der Waals surface area contributed by atoms with Crippen molar-refractivity contribution in [1.29, 1.82) is 0 Å². The molecule has 2 aromatic carbocycles. The predicted molar refractivity (Wildman–Crippen MR) is 116 cm³/mol. The molecule has 1 aliphatic rings. The summed E-state index contributed by atoms with van der Waals surface area (Å²) in [6.07, 6.45) is 2.11. The zero-order valence-electron chi connectivity index (χ0n) is 18.0. The zero-order valence-corrected chi connectivity index (χ0v) is 18.0. The second kappa shape index (κ2) is 8.62. The predicted octanol–water partition coefficient (Wildman–Crippen LogP) is 4.90. The van der Waals surface area contributed by atoms with Gasteiger partial charge < -0.3 is 9.64 Å². The smallest absolute Gasteiger partial charge is 0.263 e. The van der Waals surface area contributed by atoms with E-state index in [-0.39, 0.29) is 29.6 Å². The summed E-state index contributed by atoms with van der Waals surface area (Å²) in [7, 11) is 1.85. The van der Waals surface area contributed by atoms with Gasteiger partial charge in [0.15, 0.2) is 11.6 Å². The Bertz CT molecular complexity index is 1370. The van der Waals surface area contributed by atoms with E-state index in [1.165, 1.54) is 6.33 Å². The summed E-state index contributed by atoms with van der Waals surface area (Å²) in [4.78, 5) is 22.8. The lowest BCUT2D eigenvalue weighted by Gasteiger charge is -2.15. The zero-order chi connectivity index (χ0) is 23.8. The summed E-state index contributed by atoms with van der Waals surface area (Å²) in [5.74, 6) is -1.75. The summed E-state index contributed by atoms with van der Waals surface area (Å²) in [5.41, 5.74) is 3.03. The van der Waals surface area contributed by atoms with Gasteiger partial charge in [-0.3, -0.25) is 9.48 Å². The van der Waals surface area contributed by atoms with Crippen LogP contribution < -0.4 is 4.74 Å². The molecular weight excluding hydrogens is 447 g/mol. The van der Waals surface area contributed by atoms with Gasteiger partial charge in [0.05, 0.1) is 18.4 Å². The molecule has 0 bridgehead atoms. The highest BCUT2D eigenvalue weighted by molar-refractivity contribution is 5.99. The highest BCUT2D eigenvalue weighted by Gasteiger charge is 2.33. The van der Waals surface area contributed by atoms with Gasteiger partial charge >= 0.3 is 0 Å². The van der Waals surface area contributed by atoms with Crippen LogP contribution in [0, 0.1) is 5.82 Å². The quantitative estimate of drug-likeness (QED) is 0.405. The van der Waals surface area contributed by atoms with Crippen LogP contribution in [0.1, 0.15) is 33.6 Å². The van der Waals surface area contributed by atoms with Gasteiger partial charge in [-0.25, -0.2) is 23.1 Å². The van der Waals surface area contributed by atoms with Crippen molar-refractivity contribution in [1.82, 2.24) is 24.6 Å². The molecular formula is C24H18F3N5O2. The first kappa shape index (κ1) is 21.6. The second-order valence-corrected chi connectivity index (χ2v) is 7.85. The number of hydrogen-bond acceptors (Lipinski definition) is 5. The second-order valence-electron chi connectivity index (χ2n) is 7.85. The molecule has 0 radical (unpaired) electrons. The molecule has 0 spiro atoms. The van der Waals surface area contributed by atoms with Crippen molar-refractivity contribution in [3.63, 3.8) is 0 Å². The van der Waals surface area contributed by atoms with Crippen molar-refractivity contribution in [3.8, 4) is 22.8 Å². The molecule has 7 nitrogen and oxygen atoms in total. The largest absolute Gasteiger partial charge is 0.435 e. The monoisotopic (exact) mass is 465 g/mol. The Morgan fingerprint density at radius 3 is 2.56 bits per heavy atom. The number of alkyl halides is 2. The number of aryl methyl sites for hydroxylation is 1. The molecule has 2 aromatic heterocycles. The van der Waals surface area contributed by atoms with Crippen molar-refractivity contribution >= 4 is 5.91 Å². The molecule has 0 atom stereocenters. The number of benzene rings is 2. The number of fused-ring (bicyclic) bond motifs is 1. The van der Waals surface area contributed by atoms with Gasteiger partial charge in [-0.15, -0.1) is 0 Å².